The number of hydrogen-bond acceptors (Lipinski definition) is 1. The highest BCUT2D eigenvalue weighted by Crippen LogP contribution is 2.28. The zero-order valence-electron chi connectivity index (χ0n) is 15.9. The Kier molecular flexibility index (Phi) is 12.1. The smallest absolute Gasteiger partial charge is 0.176 e. The van der Waals surface area contributed by atoms with E-state index >= 15 is 0 Å². The minimum Gasteiger partial charge on any atom is -0.456 e. The molecule has 0 saturated heterocycles. The molecule has 0 aromatic heterocycles. The van der Waals surface area contributed by atoms with E-state index in [2.05, 4.69) is 40.0 Å². The van der Waals surface area contributed by atoms with Crippen molar-refractivity contribution in [3.8, 4) is 0 Å². The number of hydrogen-bond donors (Lipinski definition) is 0. The van der Waals surface area contributed by atoms with Crippen LogP contribution < -0.4 is 0 Å². The molecular weight excluding hydrogens is 288 g/mol. The lowest BCUT2D eigenvalue weighted by atomic mass is 10.2. The monoisotopic (exact) mass is 330 g/mol. The Morgan fingerprint density at radius 2 is 0.952 bits per heavy atom. The van der Waals surface area contributed by atoms with Crippen LogP contribution in [0.15, 0.2) is 0 Å². The van der Waals surface area contributed by atoms with Gasteiger partial charge < -0.3 is 4.12 Å². The van der Waals surface area contributed by atoms with Gasteiger partial charge in [0.15, 0.2) is 16.6 Å². The third kappa shape index (κ3) is 13.8. The molecule has 0 saturated carbocycles. The second-order valence-corrected chi connectivity index (χ2v) is 16.9. The van der Waals surface area contributed by atoms with E-state index in [-0.39, 0.29) is 0 Å². The van der Waals surface area contributed by atoms with Crippen molar-refractivity contribution in [2.75, 3.05) is 0 Å². The van der Waals surface area contributed by atoms with Crippen LogP contribution in [0.3, 0.4) is 0 Å². The normalized spacial score (nSPS) is 12.9. The second-order valence-electron chi connectivity index (χ2n) is 7.99. The molecule has 0 rings (SSSR count). The molecule has 21 heavy (non-hydrogen) atoms. The average molecular weight is 331 g/mol. The Labute approximate surface area is 137 Å². The first-order valence-electron chi connectivity index (χ1n) is 9.53. The van der Waals surface area contributed by atoms with Gasteiger partial charge in [-0.15, -0.1) is 0 Å². The summed E-state index contributed by atoms with van der Waals surface area (Å²) < 4.78 is 6.72. The maximum absolute atomic E-state index is 6.72. The van der Waals surface area contributed by atoms with Crippen molar-refractivity contribution in [1.29, 1.82) is 0 Å². The summed E-state index contributed by atoms with van der Waals surface area (Å²) in [7, 11) is -2.83. The molecule has 0 amide bonds. The Balaban J connectivity index is 4.14. The van der Waals surface area contributed by atoms with Crippen molar-refractivity contribution in [2.45, 2.75) is 116 Å². The molecule has 0 heterocycles. The summed E-state index contributed by atoms with van der Waals surface area (Å²) >= 11 is 0. The van der Waals surface area contributed by atoms with Gasteiger partial charge in [0, 0.05) is 0 Å². The molecule has 3 heteroatoms. The Morgan fingerprint density at radius 1 is 0.571 bits per heavy atom. The lowest BCUT2D eigenvalue weighted by Crippen LogP contribution is -2.44. The fraction of sp³-hybridized carbons (Fsp3) is 1.00. The van der Waals surface area contributed by atoms with Gasteiger partial charge in [0.2, 0.25) is 0 Å². The van der Waals surface area contributed by atoms with Gasteiger partial charge in [-0.25, -0.2) is 0 Å². The molecule has 0 aromatic carbocycles. The van der Waals surface area contributed by atoms with Gasteiger partial charge in [-0.05, 0) is 38.3 Å². The molecule has 0 spiro atoms. The first-order valence-corrected chi connectivity index (χ1v) is 15.8. The largest absolute Gasteiger partial charge is 0.456 e. The molecule has 0 bridgehead atoms. The highest BCUT2D eigenvalue weighted by atomic mass is 28.4. The second kappa shape index (κ2) is 11.9. The maximum atomic E-state index is 6.72. The van der Waals surface area contributed by atoms with Crippen LogP contribution in [-0.4, -0.2) is 16.6 Å². The quantitative estimate of drug-likeness (QED) is 0.239. The SMILES string of the molecule is CCCCCCC[Si](C)(CCCCCCC)O[Si](C)(C)C. The van der Waals surface area contributed by atoms with E-state index < -0.39 is 16.6 Å². The average Bonchev–Trinajstić information content (AvgIpc) is 2.36. The minimum atomic E-state index is -1.44. The van der Waals surface area contributed by atoms with Crippen LogP contribution in [0.4, 0.5) is 0 Å². The van der Waals surface area contributed by atoms with Crippen LogP contribution in [0.5, 0.6) is 0 Å². The number of rotatable bonds is 14. The zero-order chi connectivity index (χ0) is 16.2. The predicted molar refractivity (Wildman–Crippen MR) is 103 cm³/mol. The summed E-state index contributed by atoms with van der Waals surface area (Å²) in [4.78, 5) is 0. The first-order chi connectivity index (χ1) is 9.83. The predicted octanol–water partition coefficient (Wildman–Crippen LogP) is 7.35. The Bertz CT molecular complexity index is 222. The summed E-state index contributed by atoms with van der Waals surface area (Å²) in [6, 6.07) is 2.80. The van der Waals surface area contributed by atoms with Gasteiger partial charge in [0.25, 0.3) is 0 Å². The van der Waals surface area contributed by atoms with Gasteiger partial charge in [-0.1, -0.05) is 78.1 Å². The van der Waals surface area contributed by atoms with E-state index in [1.807, 2.05) is 0 Å². The van der Waals surface area contributed by atoms with Gasteiger partial charge in [-0.2, -0.15) is 0 Å². The molecule has 0 N–H and O–H groups in total. The van der Waals surface area contributed by atoms with E-state index in [1.54, 1.807) is 0 Å². The Morgan fingerprint density at radius 3 is 1.29 bits per heavy atom. The fourth-order valence-corrected chi connectivity index (χ4v) is 12.1. The lowest BCUT2D eigenvalue weighted by molar-refractivity contribution is 0.518. The summed E-state index contributed by atoms with van der Waals surface area (Å²) in [5, 5.41) is 0. The van der Waals surface area contributed by atoms with E-state index in [9.17, 15) is 0 Å². The van der Waals surface area contributed by atoms with Crippen molar-refractivity contribution in [3.05, 3.63) is 0 Å². The summed E-state index contributed by atoms with van der Waals surface area (Å²) in [5.41, 5.74) is 0. The van der Waals surface area contributed by atoms with E-state index in [1.165, 1.54) is 76.3 Å². The van der Waals surface area contributed by atoms with E-state index in [4.69, 9.17) is 4.12 Å². The zero-order valence-corrected chi connectivity index (χ0v) is 17.9. The maximum Gasteiger partial charge on any atom is 0.176 e. The highest BCUT2D eigenvalue weighted by Gasteiger charge is 2.33. The highest BCUT2D eigenvalue weighted by molar-refractivity contribution is 6.84. The Hall–Kier alpha value is 0.394. The summed E-state index contributed by atoms with van der Waals surface area (Å²) in [6.45, 7) is 14.2. The van der Waals surface area contributed by atoms with Crippen molar-refractivity contribution in [2.24, 2.45) is 0 Å². The molecule has 0 radical (unpaired) electrons. The van der Waals surface area contributed by atoms with Crippen LogP contribution >= 0.6 is 0 Å². The minimum absolute atomic E-state index is 1.34. The molecule has 0 aliphatic rings. The summed E-state index contributed by atoms with van der Waals surface area (Å²) in [6.07, 6.45) is 14.0. The van der Waals surface area contributed by atoms with Gasteiger partial charge in [0.1, 0.15) is 0 Å². The van der Waals surface area contributed by atoms with E-state index in [0.717, 1.165) is 0 Å². The molecular formula is C18H42OSi2. The van der Waals surface area contributed by atoms with Crippen molar-refractivity contribution < 1.29 is 4.12 Å². The molecule has 1 nitrogen and oxygen atoms in total. The summed E-state index contributed by atoms with van der Waals surface area (Å²) in [5.74, 6) is 0. The number of unbranched alkanes of at least 4 members (excludes halogenated alkanes) is 8. The lowest BCUT2D eigenvalue weighted by Gasteiger charge is -2.35. The molecule has 0 fully saturated rings. The first kappa shape index (κ1) is 21.4. The van der Waals surface area contributed by atoms with Crippen molar-refractivity contribution in [1.82, 2.24) is 0 Å². The standard InChI is InChI=1S/C18H42OSi2/c1-7-9-11-13-15-17-21(6,19-20(3,4)5)18-16-14-12-10-8-2/h7-18H2,1-6H3. The molecule has 0 atom stereocenters. The van der Waals surface area contributed by atoms with Crippen LogP contribution in [0.1, 0.15) is 78.1 Å². The van der Waals surface area contributed by atoms with Crippen LogP contribution in [0.25, 0.3) is 0 Å². The van der Waals surface area contributed by atoms with Crippen molar-refractivity contribution in [3.63, 3.8) is 0 Å². The molecule has 0 aliphatic carbocycles. The van der Waals surface area contributed by atoms with Gasteiger partial charge in [-0.3, -0.25) is 0 Å². The molecule has 0 aromatic rings. The fourth-order valence-electron chi connectivity index (χ4n) is 3.17. The third-order valence-electron chi connectivity index (χ3n) is 4.17. The van der Waals surface area contributed by atoms with Crippen LogP contribution in [0, 0.1) is 0 Å². The van der Waals surface area contributed by atoms with Crippen molar-refractivity contribution >= 4 is 16.6 Å². The van der Waals surface area contributed by atoms with Gasteiger partial charge in [0.05, 0.1) is 0 Å². The topological polar surface area (TPSA) is 9.23 Å². The van der Waals surface area contributed by atoms with Crippen LogP contribution in [0.2, 0.25) is 38.3 Å². The van der Waals surface area contributed by atoms with Gasteiger partial charge >= 0.3 is 0 Å². The molecule has 0 aliphatic heterocycles. The molecule has 128 valence electrons. The van der Waals surface area contributed by atoms with Crippen LogP contribution in [-0.2, 0) is 4.12 Å². The van der Waals surface area contributed by atoms with E-state index in [0.29, 0.717) is 0 Å². The molecule has 0 unspecified atom stereocenters. The third-order valence-corrected chi connectivity index (χ3v) is 11.4.